The van der Waals surface area contributed by atoms with Crippen LogP contribution in [0.5, 0.6) is 0 Å². The van der Waals surface area contributed by atoms with E-state index in [4.69, 9.17) is 0 Å². The number of H-pyrrole nitrogens is 2. The summed E-state index contributed by atoms with van der Waals surface area (Å²) in [5, 5.41) is 9.01. The van der Waals surface area contributed by atoms with Gasteiger partial charge in [-0.15, -0.1) is 5.10 Å². The molecule has 1 heterocycles. The van der Waals surface area contributed by atoms with Crippen LogP contribution in [0.1, 0.15) is 32.1 Å². The second-order valence-electron chi connectivity index (χ2n) is 4.66. The van der Waals surface area contributed by atoms with Crippen LogP contribution in [-0.2, 0) is 0 Å². The summed E-state index contributed by atoms with van der Waals surface area (Å²) in [4.78, 5) is 24.5. The quantitative estimate of drug-likeness (QED) is 0.757. The van der Waals surface area contributed by atoms with Crippen molar-refractivity contribution in [2.75, 3.05) is 18.1 Å². The molecule has 7 heteroatoms. The fourth-order valence-corrected chi connectivity index (χ4v) is 3.27. The van der Waals surface area contributed by atoms with E-state index >= 15 is 0 Å². The van der Waals surface area contributed by atoms with Crippen LogP contribution in [0.2, 0.25) is 0 Å². The first-order valence-corrected chi connectivity index (χ1v) is 7.36. The predicted octanol–water partition coefficient (Wildman–Crippen LogP) is 0.936. The highest BCUT2D eigenvalue weighted by molar-refractivity contribution is 8.00. The number of aromatic nitrogens is 3. The zero-order chi connectivity index (χ0) is 13.0. The number of nitrogens with zero attached hydrogens (tertiary/aromatic N) is 1. The molecule has 0 aliphatic heterocycles. The van der Waals surface area contributed by atoms with Gasteiger partial charge in [-0.05, 0) is 19.1 Å². The highest BCUT2D eigenvalue weighted by Gasteiger charge is 2.31. The van der Waals surface area contributed by atoms with Gasteiger partial charge in [0.15, 0.2) is 0 Å². The van der Waals surface area contributed by atoms with Gasteiger partial charge in [-0.1, -0.05) is 19.3 Å². The number of rotatable bonds is 4. The lowest BCUT2D eigenvalue weighted by atomic mass is 9.88. The normalized spacial score (nSPS) is 18.5. The SMILES string of the molecule is CSC1(CNc2n[nH]c(=O)[nH]c2=O)CCCCC1. The number of hydrogen-bond acceptors (Lipinski definition) is 5. The molecule has 0 radical (unpaired) electrons. The Bertz CT molecular complexity index is 504. The van der Waals surface area contributed by atoms with Crippen LogP contribution in [0, 0.1) is 0 Å². The maximum Gasteiger partial charge on any atom is 0.342 e. The largest absolute Gasteiger partial charge is 0.363 e. The highest BCUT2D eigenvalue weighted by Crippen LogP contribution is 2.38. The van der Waals surface area contributed by atoms with E-state index in [9.17, 15) is 9.59 Å². The third-order valence-corrected chi connectivity index (χ3v) is 4.91. The lowest BCUT2D eigenvalue weighted by molar-refractivity contribution is 0.411. The second kappa shape index (κ2) is 5.60. The Morgan fingerprint density at radius 1 is 1.33 bits per heavy atom. The summed E-state index contributed by atoms with van der Waals surface area (Å²) < 4.78 is 0.183. The van der Waals surface area contributed by atoms with Gasteiger partial charge in [0.05, 0.1) is 0 Å². The Kier molecular flexibility index (Phi) is 4.11. The van der Waals surface area contributed by atoms with Crippen molar-refractivity contribution in [1.29, 1.82) is 0 Å². The molecule has 0 saturated heterocycles. The Balaban J connectivity index is 2.05. The van der Waals surface area contributed by atoms with Gasteiger partial charge in [-0.25, -0.2) is 9.89 Å². The van der Waals surface area contributed by atoms with Gasteiger partial charge in [-0.3, -0.25) is 9.78 Å². The van der Waals surface area contributed by atoms with Crippen molar-refractivity contribution in [3.05, 3.63) is 20.8 Å². The zero-order valence-corrected chi connectivity index (χ0v) is 11.2. The van der Waals surface area contributed by atoms with Crippen molar-refractivity contribution in [2.24, 2.45) is 0 Å². The van der Waals surface area contributed by atoms with Crippen molar-refractivity contribution in [2.45, 2.75) is 36.9 Å². The molecule has 100 valence electrons. The van der Waals surface area contributed by atoms with Crippen LogP contribution >= 0.6 is 11.8 Å². The Labute approximate surface area is 109 Å². The monoisotopic (exact) mass is 270 g/mol. The maximum atomic E-state index is 11.5. The molecule has 1 aliphatic carbocycles. The fourth-order valence-electron chi connectivity index (χ4n) is 2.36. The summed E-state index contributed by atoms with van der Waals surface area (Å²) >= 11 is 1.85. The van der Waals surface area contributed by atoms with Crippen LogP contribution in [-0.4, -0.2) is 32.7 Å². The van der Waals surface area contributed by atoms with Crippen LogP contribution in [0.25, 0.3) is 0 Å². The maximum absolute atomic E-state index is 11.5. The molecule has 0 aromatic carbocycles. The molecule has 0 amide bonds. The van der Waals surface area contributed by atoms with Crippen molar-refractivity contribution >= 4 is 17.6 Å². The fraction of sp³-hybridized carbons (Fsp3) is 0.727. The van der Waals surface area contributed by atoms with Crippen molar-refractivity contribution in [1.82, 2.24) is 15.2 Å². The second-order valence-corrected chi connectivity index (χ2v) is 5.93. The van der Waals surface area contributed by atoms with E-state index in [1.807, 2.05) is 11.8 Å². The van der Waals surface area contributed by atoms with E-state index in [1.54, 1.807) is 0 Å². The van der Waals surface area contributed by atoms with Gasteiger partial charge in [-0.2, -0.15) is 11.8 Å². The summed E-state index contributed by atoms with van der Waals surface area (Å²) in [6.45, 7) is 0.705. The molecule has 1 saturated carbocycles. The zero-order valence-electron chi connectivity index (χ0n) is 10.4. The minimum Gasteiger partial charge on any atom is -0.363 e. The molecule has 2 rings (SSSR count). The molecule has 18 heavy (non-hydrogen) atoms. The first-order chi connectivity index (χ1) is 8.65. The predicted molar refractivity (Wildman–Crippen MR) is 73.3 cm³/mol. The summed E-state index contributed by atoms with van der Waals surface area (Å²) in [5.41, 5.74) is -1.05. The molecule has 1 aromatic rings. The molecule has 0 atom stereocenters. The minimum atomic E-state index is -0.581. The van der Waals surface area contributed by atoms with Crippen LogP contribution < -0.4 is 16.6 Å². The number of thioether (sulfide) groups is 1. The molecule has 0 spiro atoms. The minimum absolute atomic E-state index is 0.183. The van der Waals surface area contributed by atoms with Crippen LogP contribution in [0.4, 0.5) is 5.82 Å². The van der Waals surface area contributed by atoms with Gasteiger partial charge in [0.2, 0.25) is 5.82 Å². The molecule has 1 fully saturated rings. The molecule has 3 N–H and O–H groups in total. The average Bonchev–Trinajstić information content (AvgIpc) is 2.39. The van der Waals surface area contributed by atoms with E-state index in [2.05, 4.69) is 26.8 Å². The van der Waals surface area contributed by atoms with Gasteiger partial charge < -0.3 is 5.32 Å². The number of aromatic amines is 2. The summed E-state index contributed by atoms with van der Waals surface area (Å²) in [7, 11) is 0. The molecule has 0 unspecified atom stereocenters. The molecule has 1 aliphatic rings. The molecule has 1 aromatic heterocycles. The smallest absolute Gasteiger partial charge is 0.342 e. The van der Waals surface area contributed by atoms with Gasteiger partial charge >= 0.3 is 5.69 Å². The van der Waals surface area contributed by atoms with E-state index in [-0.39, 0.29) is 10.6 Å². The van der Waals surface area contributed by atoms with Crippen molar-refractivity contribution in [3.63, 3.8) is 0 Å². The standard InChI is InChI=1S/C11H18N4O2S/c1-18-11(5-3-2-4-6-11)7-12-8-9(16)13-10(17)15-14-8/h2-7H2,1H3,(H,12,14)(H2,13,15,16,17). The first-order valence-electron chi connectivity index (χ1n) is 6.13. The Morgan fingerprint density at radius 3 is 2.67 bits per heavy atom. The van der Waals surface area contributed by atoms with Gasteiger partial charge in [0.1, 0.15) is 0 Å². The van der Waals surface area contributed by atoms with E-state index in [1.165, 1.54) is 19.3 Å². The third kappa shape index (κ3) is 2.95. The van der Waals surface area contributed by atoms with Gasteiger partial charge in [0, 0.05) is 11.3 Å². The summed E-state index contributed by atoms with van der Waals surface area (Å²) in [5.74, 6) is 0.189. The van der Waals surface area contributed by atoms with Crippen LogP contribution in [0.3, 0.4) is 0 Å². The van der Waals surface area contributed by atoms with Gasteiger partial charge in [0.25, 0.3) is 5.56 Å². The lowest BCUT2D eigenvalue weighted by Crippen LogP contribution is -2.37. The first kappa shape index (κ1) is 13.2. The third-order valence-electron chi connectivity index (χ3n) is 3.49. The Hall–Kier alpha value is -1.24. The number of hydrogen-bond donors (Lipinski definition) is 3. The van der Waals surface area contributed by atoms with Crippen molar-refractivity contribution in [3.8, 4) is 0 Å². The Morgan fingerprint density at radius 2 is 2.06 bits per heavy atom. The molecular weight excluding hydrogens is 252 g/mol. The van der Waals surface area contributed by atoms with Crippen molar-refractivity contribution < 1.29 is 0 Å². The topological polar surface area (TPSA) is 90.6 Å². The lowest BCUT2D eigenvalue weighted by Gasteiger charge is -2.35. The van der Waals surface area contributed by atoms with E-state index < -0.39 is 11.2 Å². The summed E-state index contributed by atoms with van der Waals surface area (Å²) in [6, 6.07) is 0. The molecular formula is C11H18N4O2S. The number of nitrogens with one attached hydrogen (secondary N) is 3. The van der Waals surface area contributed by atoms with E-state index in [0.717, 1.165) is 12.8 Å². The van der Waals surface area contributed by atoms with Crippen LogP contribution in [0.15, 0.2) is 9.59 Å². The highest BCUT2D eigenvalue weighted by atomic mass is 32.2. The molecule has 0 bridgehead atoms. The molecule has 6 nitrogen and oxygen atoms in total. The average molecular weight is 270 g/mol. The summed E-state index contributed by atoms with van der Waals surface area (Å²) in [6.07, 6.45) is 8.18. The van der Waals surface area contributed by atoms with E-state index in [0.29, 0.717) is 6.54 Å². The number of anilines is 1.